The molecule has 1 N–H and O–H groups in total. The summed E-state index contributed by atoms with van der Waals surface area (Å²) in [5.41, 5.74) is 1.01. The van der Waals surface area contributed by atoms with Gasteiger partial charge in [-0.3, -0.25) is 19.5 Å². The Labute approximate surface area is 145 Å². The predicted molar refractivity (Wildman–Crippen MR) is 91.6 cm³/mol. The zero-order valence-corrected chi connectivity index (χ0v) is 13.7. The van der Waals surface area contributed by atoms with E-state index in [0.29, 0.717) is 37.4 Å². The van der Waals surface area contributed by atoms with Gasteiger partial charge >= 0.3 is 0 Å². The average molecular weight is 342 g/mol. The lowest BCUT2D eigenvalue weighted by molar-refractivity contribution is -0.117. The van der Waals surface area contributed by atoms with E-state index in [0.717, 1.165) is 0 Å². The summed E-state index contributed by atoms with van der Waals surface area (Å²) in [5.74, 6) is -0.630. The van der Waals surface area contributed by atoms with Crippen LogP contribution >= 0.6 is 0 Å². The van der Waals surface area contributed by atoms with Crippen LogP contribution < -0.4 is 5.32 Å². The quantitative estimate of drug-likeness (QED) is 0.917. The fourth-order valence-electron chi connectivity index (χ4n) is 2.75. The second kappa shape index (κ2) is 7.85. The van der Waals surface area contributed by atoms with Crippen molar-refractivity contribution in [3.63, 3.8) is 0 Å². The molecular weight excluding hydrogens is 323 g/mol. The van der Waals surface area contributed by atoms with Crippen LogP contribution in [0, 0.1) is 5.82 Å². The lowest BCUT2D eigenvalue weighted by atomic mass is 10.2. The van der Waals surface area contributed by atoms with E-state index in [4.69, 9.17) is 0 Å². The van der Waals surface area contributed by atoms with Gasteiger partial charge in [0.2, 0.25) is 5.91 Å². The van der Waals surface area contributed by atoms with E-state index in [1.54, 1.807) is 41.6 Å². The summed E-state index contributed by atoms with van der Waals surface area (Å²) in [5, 5.41) is 2.68. The Morgan fingerprint density at radius 2 is 1.92 bits per heavy atom. The number of piperazine rings is 1. The number of amides is 2. The number of nitrogens with one attached hydrogen (secondary N) is 1. The monoisotopic (exact) mass is 342 g/mol. The first-order valence-corrected chi connectivity index (χ1v) is 8.09. The molecule has 130 valence electrons. The van der Waals surface area contributed by atoms with Crippen molar-refractivity contribution in [3.05, 3.63) is 60.2 Å². The van der Waals surface area contributed by atoms with Crippen molar-refractivity contribution in [2.24, 2.45) is 0 Å². The molecule has 1 aromatic heterocycles. The number of carbonyl (C=O) groups is 2. The van der Waals surface area contributed by atoms with E-state index < -0.39 is 0 Å². The summed E-state index contributed by atoms with van der Waals surface area (Å²) < 4.78 is 13.1. The Kier molecular flexibility index (Phi) is 5.35. The summed E-state index contributed by atoms with van der Waals surface area (Å²) in [6.07, 6.45) is 3.19. The third-order valence-electron chi connectivity index (χ3n) is 4.04. The smallest absolute Gasteiger partial charge is 0.255 e. The highest BCUT2D eigenvalue weighted by Crippen LogP contribution is 2.10. The minimum absolute atomic E-state index is 0.0445. The zero-order chi connectivity index (χ0) is 17.6. The summed E-state index contributed by atoms with van der Waals surface area (Å²) >= 11 is 0. The first kappa shape index (κ1) is 17.0. The lowest BCUT2D eigenvalue weighted by Crippen LogP contribution is -2.50. The maximum absolute atomic E-state index is 13.1. The van der Waals surface area contributed by atoms with Crippen LogP contribution in [-0.4, -0.2) is 59.3 Å². The number of halogens is 1. The number of benzene rings is 1. The van der Waals surface area contributed by atoms with Gasteiger partial charge < -0.3 is 10.2 Å². The lowest BCUT2D eigenvalue weighted by Gasteiger charge is -2.34. The average Bonchev–Trinajstić information content (AvgIpc) is 2.62. The molecule has 2 amide bonds. The molecular formula is C18H19FN4O2. The molecule has 0 unspecified atom stereocenters. The molecule has 0 atom stereocenters. The van der Waals surface area contributed by atoms with Crippen molar-refractivity contribution in [2.75, 3.05) is 38.0 Å². The van der Waals surface area contributed by atoms with Gasteiger partial charge in [-0.25, -0.2) is 4.39 Å². The Morgan fingerprint density at radius 3 is 2.60 bits per heavy atom. The minimum atomic E-state index is -0.389. The number of anilines is 1. The van der Waals surface area contributed by atoms with Crippen molar-refractivity contribution < 1.29 is 14.0 Å². The van der Waals surface area contributed by atoms with E-state index in [9.17, 15) is 14.0 Å². The number of pyridine rings is 1. The van der Waals surface area contributed by atoms with Crippen LogP contribution in [0.25, 0.3) is 0 Å². The van der Waals surface area contributed by atoms with Gasteiger partial charge in [-0.15, -0.1) is 0 Å². The molecule has 0 saturated carbocycles. The fraction of sp³-hybridized carbons (Fsp3) is 0.278. The molecule has 6 nitrogen and oxygen atoms in total. The summed E-state index contributed by atoms with van der Waals surface area (Å²) in [7, 11) is 0. The van der Waals surface area contributed by atoms with Crippen molar-refractivity contribution in [1.82, 2.24) is 14.8 Å². The van der Waals surface area contributed by atoms with Crippen molar-refractivity contribution >= 4 is 17.5 Å². The van der Waals surface area contributed by atoms with Crippen LogP contribution in [0.2, 0.25) is 0 Å². The number of hydrogen-bond donors (Lipinski definition) is 1. The molecule has 0 spiro atoms. The van der Waals surface area contributed by atoms with Gasteiger partial charge in [0.1, 0.15) is 5.82 Å². The molecule has 2 aromatic rings. The fourth-order valence-corrected chi connectivity index (χ4v) is 2.75. The number of aromatic nitrogens is 1. The molecule has 1 aromatic carbocycles. The van der Waals surface area contributed by atoms with Gasteiger partial charge in [-0.1, -0.05) is 6.07 Å². The summed E-state index contributed by atoms with van der Waals surface area (Å²) in [4.78, 5) is 32.1. The molecule has 1 aliphatic rings. The van der Waals surface area contributed by atoms with Gasteiger partial charge in [0.15, 0.2) is 0 Å². The van der Waals surface area contributed by atoms with Gasteiger partial charge in [-0.2, -0.15) is 0 Å². The maximum atomic E-state index is 13.1. The third-order valence-corrected chi connectivity index (χ3v) is 4.04. The van der Waals surface area contributed by atoms with Crippen molar-refractivity contribution in [1.29, 1.82) is 0 Å². The largest absolute Gasteiger partial charge is 0.336 e. The minimum Gasteiger partial charge on any atom is -0.336 e. The van der Waals surface area contributed by atoms with Crippen molar-refractivity contribution in [3.8, 4) is 0 Å². The normalized spacial score (nSPS) is 15.0. The SMILES string of the molecule is O=C(CN1CCN(C(=O)c2cccnc2)CC1)Nc1cccc(F)c1. The van der Waals surface area contributed by atoms with E-state index in [-0.39, 0.29) is 24.2 Å². The number of carbonyl (C=O) groups excluding carboxylic acids is 2. The van der Waals surface area contributed by atoms with Crippen LogP contribution in [0.3, 0.4) is 0 Å². The van der Waals surface area contributed by atoms with Gasteiger partial charge in [0.25, 0.3) is 5.91 Å². The number of rotatable bonds is 4. The summed E-state index contributed by atoms with van der Waals surface area (Å²) in [6, 6.07) is 9.28. The van der Waals surface area contributed by atoms with Crippen LogP contribution in [0.5, 0.6) is 0 Å². The maximum Gasteiger partial charge on any atom is 0.255 e. The second-order valence-corrected chi connectivity index (χ2v) is 5.87. The highest BCUT2D eigenvalue weighted by atomic mass is 19.1. The van der Waals surface area contributed by atoms with E-state index >= 15 is 0 Å². The Bertz CT molecular complexity index is 746. The molecule has 0 aliphatic carbocycles. The standard InChI is InChI=1S/C18H19FN4O2/c19-15-4-1-5-16(11-15)21-17(24)13-22-7-9-23(10-8-22)18(25)14-3-2-6-20-12-14/h1-6,11-12H,7-10,13H2,(H,21,24). The Morgan fingerprint density at radius 1 is 1.12 bits per heavy atom. The molecule has 25 heavy (non-hydrogen) atoms. The predicted octanol–water partition coefficient (Wildman–Crippen LogP) is 1.62. The molecule has 1 saturated heterocycles. The van der Waals surface area contributed by atoms with Gasteiger partial charge in [0.05, 0.1) is 12.1 Å². The Hall–Kier alpha value is -2.80. The van der Waals surface area contributed by atoms with Gasteiger partial charge in [0, 0.05) is 44.3 Å². The van der Waals surface area contributed by atoms with E-state index in [2.05, 4.69) is 10.3 Å². The molecule has 3 rings (SSSR count). The number of hydrogen-bond acceptors (Lipinski definition) is 4. The van der Waals surface area contributed by atoms with E-state index in [1.165, 1.54) is 12.1 Å². The van der Waals surface area contributed by atoms with Crippen LogP contribution in [0.4, 0.5) is 10.1 Å². The third kappa shape index (κ3) is 4.60. The van der Waals surface area contributed by atoms with Crippen LogP contribution in [0.15, 0.2) is 48.8 Å². The zero-order valence-electron chi connectivity index (χ0n) is 13.7. The highest BCUT2D eigenvalue weighted by Gasteiger charge is 2.23. The van der Waals surface area contributed by atoms with Crippen LogP contribution in [0.1, 0.15) is 10.4 Å². The topological polar surface area (TPSA) is 65.5 Å². The second-order valence-electron chi connectivity index (χ2n) is 5.87. The number of nitrogens with zero attached hydrogens (tertiary/aromatic N) is 3. The van der Waals surface area contributed by atoms with Crippen LogP contribution in [-0.2, 0) is 4.79 Å². The van der Waals surface area contributed by atoms with Crippen molar-refractivity contribution in [2.45, 2.75) is 0 Å². The molecule has 0 radical (unpaired) electrons. The summed E-state index contributed by atoms with van der Waals surface area (Å²) in [6.45, 7) is 2.55. The molecule has 1 fully saturated rings. The molecule has 0 bridgehead atoms. The van der Waals surface area contributed by atoms with Gasteiger partial charge in [-0.05, 0) is 30.3 Å². The van der Waals surface area contributed by atoms with E-state index in [1.807, 2.05) is 4.90 Å². The highest BCUT2D eigenvalue weighted by molar-refractivity contribution is 5.94. The molecule has 1 aliphatic heterocycles. The Balaban J connectivity index is 1.47. The first-order chi connectivity index (χ1) is 12.1. The molecule has 2 heterocycles. The molecule has 7 heteroatoms. The first-order valence-electron chi connectivity index (χ1n) is 8.09.